The minimum atomic E-state index is -4.68. The van der Waals surface area contributed by atoms with Crippen molar-refractivity contribution in [3.8, 4) is 0 Å². The van der Waals surface area contributed by atoms with Crippen LogP contribution < -0.4 is 16.0 Å². The van der Waals surface area contributed by atoms with E-state index in [4.69, 9.17) is 4.74 Å². The molecule has 0 aromatic carbocycles. The third-order valence-electron chi connectivity index (χ3n) is 4.52. The first-order valence-corrected chi connectivity index (χ1v) is 11.2. The van der Waals surface area contributed by atoms with Crippen molar-refractivity contribution in [2.75, 3.05) is 19.7 Å². The number of hydrogen-bond acceptors (Lipinski definition) is 9. The smallest absolute Gasteiger partial charge is 0.378 e. The first-order valence-electron chi connectivity index (χ1n) is 9.72. The summed E-state index contributed by atoms with van der Waals surface area (Å²) >= 11 is 0. The number of imide groups is 1. The number of nitrogens with one attached hydrogen (secondary N) is 3. The summed E-state index contributed by atoms with van der Waals surface area (Å²) in [6, 6.07) is -1.10. The third kappa shape index (κ3) is 9.61. The summed E-state index contributed by atoms with van der Waals surface area (Å²) in [5, 5.41) is 7.01. The Bertz CT molecular complexity index is 699. The van der Waals surface area contributed by atoms with Crippen LogP contribution in [-0.2, 0) is 34.0 Å². The van der Waals surface area contributed by atoms with Crippen molar-refractivity contribution in [3.05, 3.63) is 0 Å². The van der Waals surface area contributed by atoms with E-state index < -0.39 is 46.1 Å². The molecule has 0 spiro atoms. The Hall–Kier alpha value is -2.09. The van der Waals surface area contributed by atoms with Gasteiger partial charge in [0.05, 0.1) is 12.6 Å². The fourth-order valence-electron chi connectivity index (χ4n) is 3.06. The van der Waals surface area contributed by atoms with Gasteiger partial charge in [0.1, 0.15) is 0 Å². The summed E-state index contributed by atoms with van der Waals surface area (Å²) in [4.78, 5) is 44.9. The molecule has 0 radical (unpaired) electrons. The van der Waals surface area contributed by atoms with Gasteiger partial charge in [0.2, 0.25) is 11.8 Å². The molecule has 0 bridgehead atoms. The van der Waals surface area contributed by atoms with Crippen LogP contribution in [-0.4, -0.2) is 68.5 Å². The van der Waals surface area contributed by atoms with Gasteiger partial charge in [-0.2, -0.15) is 8.42 Å². The molecule has 1 aliphatic rings. The van der Waals surface area contributed by atoms with Crippen LogP contribution in [0.15, 0.2) is 0 Å². The van der Waals surface area contributed by atoms with Crippen molar-refractivity contribution in [3.63, 3.8) is 0 Å². The lowest BCUT2D eigenvalue weighted by Gasteiger charge is -2.27. The van der Waals surface area contributed by atoms with Gasteiger partial charge in [0.25, 0.3) is 10.1 Å². The molecule has 12 nitrogen and oxygen atoms in total. The van der Waals surface area contributed by atoms with Crippen molar-refractivity contribution in [2.45, 2.75) is 56.9 Å². The molecule has 13 heteroatoms. The zero-order valence-corrected chi connectivity index (χ0v) is 17.6. The molecule has 3 atom stereocenters. The number of carbonyl (C=O) groups is 4. The quantitative estimate of drug-likeness (QED) is 0.118. The van der Waals surface area contributed by atoms with Crippen molar-refractivity contribution < 1.29 is 41.6 Å². The topological polar surface area (TPSA) is 177 Å². The predicted molar refractivity (Wildman–Crippen MR) is 104 cm³/mol. The summed E-state index contributed by atoms with van der Waals surface area (Å²) in [6.45, 7) is 1.82. The molecule has 1 aliphatic heterocycles. The second-order valence-corrected chi connectivity index (χ2v) is 8.36. The zero-order chi connectivity index (χ0) is 22.6. The highest BCUT2D eigenvalue weighted by molar-refractivity contribution is 7.86. The first kappa shape index (κ1) is 25.9. The summed E-state index contributed by atoms with van der Waals surface area (Å²) in [7, 11) is -4.68. The van der Waals surface area contributed by atoms with E-state index in [-0.39, 0.29) is 25.4 Å². The monoisotopic (exact) mass is 451 g/mol. The van der Waals surface area contributed by atoms with Gasteiger partial charge in [0, 0.05) is 19.1 Å². The number of hydrogen-bond donors (Lipinski definition) is 4. The molecule has 1 saturated heterocycles. The maximum Gasteiger partial charge on any atom is 0.421 e. The molecule has 1 rings (SSSR count). The van der Waals surface area contributed by atoms with E-state index in [0.29, 0.717) is 19.4 Å². The molecular weight excluding hydrogens is 422 g/mol. The Kier molecular flexibility index (Phi) is 11.5. The van der Waals surface area contributed by atoms with Crippen LogP contribution in [0, 0.1) is 5.92 Å². The number of amides is 3. The summed E-state index contributed by atoms with van der Waals surface area (Å²) < 4.78 is 42.9. The van der Waals surface area contributed by atoms with E-state index in [2.05, 4.69) is 15.4 Å². The average molecular weight is 451 g/mol. The van der Waals surface area contributed by atoms with E-state index in [0.717, 1.165) is 19.3 Å². The van der Waals surface area contributed by atoms with Crippen molar-refractivity contribution in [1.29, 1.82) is 0 Å². The predicted octanol–water partition coefficient (Wildman–Crippen LogP) is -0.309. The first-order chi connectivity index (χ1) is 14.2. The zero-order valence-electron chi connectivity index (χ0n) is 16.8. The summed E-state index contributed by atoms with van der Waals surface area (Å²) in [5.41, 5.74) is -1.71. The minimum absolute atomic E-state index is 0.0166. The van der Waals surface area contributed by atoms with E-state index in [9.17, 15) is 32.1 Å². The Balaban J connectivity index is 2.83. The van der Waals surface area contributed by atoms with Gasteiger partial charge in [-0.15, -0.1) is 0 Å². The molecule has 0 saturated carbocycles. The molecule has 1 heterocycles. The van der Waals surface area contributed by atoms with Gasteiger partial charge in [-0.3, -0.25) is 24.3 Å². The van der Waals surface area contributed by atoms with Crippen LogP contribution in [0.5, 0.6) is 0 Å². The van der Waals surface area contributed by atoms with Crippen LogP contribution in [0.3, 0.4) is 0 Å². The molecule has 4 N–H and O–H groups in total. The average Bonchev–Trinajstić information content (AvgIpc) is 3.05. The van der Waals surface area contributed by atoms with Gasteiger partial charge in [0.15, 0.2) is 5.44 Å². The largest absolute Gasteiger partial charge is 0.421 e. The maximum absolute atomic E-state index is 11.9. The highest BCUT2D eigenvalue weighted by atomic mass is 32.2. The molecule has 30 heavy (non-hydrogen) atoms. The van der Waals surface area contributed by atoms with Gasteiger partial charge in [-0.05, 0) is 19.3 Å². The van der Waals surface area contributed by atoms with E-state index >= 15 is 0 Å². The molecule has 172 valence electrons. The highest BCUT2D eigenvalue weighted by Crippen LogP contribution is 2.21. The standard InChI is InChI=1S/C17H29N3O9S/c1-2-3-4-5-8-28-16(30(25,26)27)13(9-12-6-7-18-15(12)23)19-10-14(22)20-17(24)29-11-21/h11-13,16,19H,2-10H2,1H3,(H,18,23)(H,20,22,24)(H,25,26,27)/t12-,13?,16?/m0/s1. The number of alkyl carbamates (subject to hydrolysis) is 1. The van der Waals surface area contributed by atoms with Gasteiger partial charge in [-0.25, -0.2) is 4.79 Å². The molecule has 0 aliphatic carbocycles. The lowest BCUT2D eigenvalue weighted by atomic mass is 9.98. The summed E-state index contributed by atoms with van der Waals surface area (Å²) in [6.07, 6.45) is 2.47. The fraction of sp³-hybridized carbons (Fsp3) is 0.765. The Morgan fingerprint density at radius 3 is 2.63 bits per heavy atom. The van der Waals surface area contributed by atoms with Crippen molar-refractivity contribution >= 4 is 34.5 Å². The second-order valence-electron chi connectivity index (χ2n) is 6.86. The number of rotatable bonds is 14. The van der Waals surface area contributed by atoms with E-state index in [1.165, 1.54) is 0 Å². The van der Waals surface area contributed by atoms with Crippen LogP contribution in [0.25, 0.3) is 0 Å². The lowest BCUT2D eigenvalue weighted by molar-refractivity contribution is -0.124. The van der Waals surface area contributed by atoms with Crippen molar-refractivity contribution in [2.24, 2.45) is 5.92 Å². The molecule has 1 fully saturated rings. The lowest BCUT2D eigenvalue weighted by Crippen LogP contribution is -2.50. The van der Waals surface area contributed by atoms with Crippen LogP contribution in [0.4, 0.5) is 4.79 Å². The van der Waals surface area contributed by atoms with E-state index in [1.54, 1.807) is 5.32 Å². The number of carbonyl (C=O) groups excluding carboxylic acids is 4. The molecule has 3 amide bonds. The fourth-order valence-corrected chi connectivity index (χ4v) is 3.95. The maximum atomic E-state index is 11.9. The van der Waals surface area contributed by atoms with Gasteiger partial charge < -0.3 is 20.1 Å². The Morgan fingerprint density at radius 2 is 2.07 bits per heavy atom. The normalized spacial score (nSPS) is 18.3. The Morgan fingerprint density at radius 1 is 1.33 bits per heavy atom. The molecule has 2 unspecified atom stereocenters. The molecule has 0 aromatic heterocycles. The van der Waals surface area contributed by atoms with Crippen LogP contribution in [0.1, 0.15) is 45.4 Å². The number of unbranched alkanes of at least 4 members (excludes halogenated alkanes) is 3. The number of ether oxygens (including phenoxy) is 2. The molecule has 0 aromatic rings. The SMILES string of the molecule is CCCCCCOC(C(C[C@@H]1CCNC1=O)NCC(=O)NC(=O)OC=O)S(=O)(=O)O. The minimum Gasteiger partial charge on any atom is -0.378 e. The van der Waals surface area contributed by atoms with Crippen LogP contribution in [0.2, 0.25) is 0 Å². The van der Waals surface area contributed by atoms with Gasteiger partial charge in [-0.1, -0.05) is 26.2 Å². The third-order valence-corrected chi connectivity index (χ3v) is 5.58. The molecular formula is C17H29N3O9S. The second kappa shape index (κ2) is 13.3. The van der Waals surface area contributed by atoms with Gasteiger partial charge >= 0.3 is 12.6 Å². The van der Waals surface area contributed by atoms with Crippen LogP contribution >= 0.6 is 0 Å². The summed E-state index contributed by atoms with van der Waals surface area (Å²) in [5.74, 6) is -1.70. The highest BCUT2D eigenvalue weighted by Gasteiger charge is 2.37. The van der Waals surface area contributed by atoms with Crippen molar-refractivity contribution in [1.82, 2.24) is 16.0 Å². The van der Waals surface area contributed by atoms with E-state index in [1.807, 2.05) is 6.92 Å². The Labute approximate surface area is 175 Å².